The van der Waals surface area contributed by atoms with Crippen molar-refractivity contribution in [2.24, 2.45) is 5.73 Å². The summed E-state index contributed by atoms with van der Waals surface area (Å²) in [5, 5.41) is 0. The van der Waals surface area contributed by atoms with Crippen molar-refractivity contribution < 1.29 is 37.6 Å². The fourth-order valence-corrected chi connectivity index (χ4v) is 6.03. The predicted octanol–water partition coefficient (Wildman–Crippen LogP) is 10.3. The Morgan fingerprint density at radius 3 is 1.57 bits per heavy atom. The van der Waals surface area contributed by atoms with Gasteiger partial charge in [-0.3, -0.25) is 18.6 Å². The highest BCUT2D eigenvalue weighted by Gasteiger charge is 2.25. The van der Waals surface area contributed by atoms with Gasteiger partial charge in [0.1, 0.15) is 6.61 Å². The molecule has 0 aliphatic rings. The van der Waals surface area contributed by atoms with Gasteiger partial charge in [0, 0.05) is 19.4 Å². The highest BCUT2D eigenvalue weighted by molar-refractivity contribution is 7.47. The van der Waals surface area contributed by atoms with Gasteiger partial charge < -0.3 is 20.1 Å². The van der Waals surface area contributed by atoms with Crippen LogP contribution >= 0.6 is 7.82 Å². The summed E-state index contributed by atoms with van der Waals surface area (Å²) in [6, 6.07) is 0. The first-order valence-corrected chi connectivity index (χ1v) is 20.7. The van der Waals surface area contributed by atoms with Gasteiger partial charge in [0.15, 0.2) is 6.10 Å². The van der Waals surface area contributed by atoms with Gasteiger partial charge in [-0.15, -0.1) is 0 Å². The van der Waals surface area contributed by atoms with Crippen molar-refractivity contribution >= 4 is 19.8 Å². The summed E-state index contributed by atoms with van der Waals surface area (Å²) in [4.78, 5) is 34.6. The molecule has 10 heteroatoms. The maximum atomic E-state index is 12.5. The fourth-order valence-electron chi connectivity index (χ4n) is 5.26. The molecule has 3 N–H and O–H groups in total. The van der Waals surface area contributed by atoms with E-state index in [1.165, 1.54) is 89.9 Å². The maximum absolute atomic E-state index is 12.5. The van der Waals surface area contributed by atoms with Gasteiger partial charge in [0.25, 0.3) is 0 Å². The maximum Gasteiger partial charge on any atom is 0.472 e. The Labute approximate surface area is 288 Å². The van der Waals surface area contributed by atoms with E-state index >= 15 is 0 Å². The van der Waals surface area contributed by atoms with Crippen molar-refractivity contribution in [2.75, 3.05) is 26.4 Å². The topological polar surface area (TPSA) is 134 Å². The second-order valence-corrected chi connectivity index (χ2v) is 14.3. The van der Waals surface area contributed by atoms with Crippen LogP contribution in [0.2, 0.25) is 0 Å². The zero-order valence-electron chi connectivity index (χ0n) is 30.3. The molecule has 0 saturated heterocycles. The molecule has 0 amide bonds. The zero-order chi connectivity index (χ0) is 34.7. The number of carbonyl (C=O) groups excluding carboxylic acids is 2. The van der Waals surface area contributed by atoms with Gasteiger partial charge in [0.2, 0.25) is 0 Å². The van der Waals surface area contributed by atoms with E-state index in [4.69, 9.17) is 24.3 Å². The lowest BCUT2D eigenvalue weighted by atomic mass is 10.0. The monoisotopic (exact) mass is 689 g/mol. The first-order valence-electron chi connectivity index (χ1n) is 19.2. The Hall–Kier alpha value is -1.25. The average Bonchev–Trinajstić information content (AvgIpc) is 3.05. The van der Waals surface area contributed by atoms with Gasteiger partial charge in [0.05, 0.1) is 13.2 Å². The highest BCUT2D eigenvalue weighted by Crippen LogP contribution is 2.43. The summed E-state index contributed by atoms with van der Waals surface area (Å²) in [7, 11) is -4.36. The van der Waals surface area contributed by atoms with Crippen molar-refractivity contribution in [3.05, 3.63) is 12.2 Å². The Balaban J connectivity index is 4.18. The Kier molecular flexibility index (Phi) is 33.7. The molecule has 9 nitrogen and oxygen atoms in total. The molecule has 0 aliphatic heterocycles. The summed E-state index contributed by atoms with van der Waals surface area (Å²) in [6.45, 7) is 3.68. The number of esters is 2. The molecular formula is C37H72NO8P. The van der Waals surface area contributed by atoms with Gasteiger partial charge >= 0.3 is 19.8 Å². The van der Waals surface area contributed by atoms with E-state index in [-0.39, 0.29) is 38.6 Å². The van der Waals surface area contributed by atoms with Crippen LogP contribution in [0.3, 0.4) is 0 Å². The first-order chi connectivity index (χ1) is 22.8. The molecule has 0 radical (unpaired) electrons. The van der Waals surface area contributed by atoms with Crippen LogP contribution in [0.15, 0.2) is 12.2 Å². The highest BCUT2D eigenvalue weighted by atomic mass is 31.2. The quantitative estimate of drug-likeness (QED) is 0.0285. The minimum absolute atomic E-state index is 0.0545. The summed E-state index contributed by atoms with van der Waals surface area (Å²) in [5.41, 5.74) is 5.33. The molecule has 2 unspecified atom stereocenters. The van der Waals surface area contributed by atoms with Crippen LogP contribution in [0.5, 0.6) is 0 Å². The van der Waals surface area contributed by atoms with Crippen molar-refractivity contribution in [3.63, 3.8) is 0 Å². The molecule has 2 atom stereocenters. The SMILES string of the molecule is CCCCC=CCCCCCCCC(=O)OC(COC(=O)CCCCCCCCCCCCCCCCC)COP(=O)(O)OCCN. The Morgan fingerprint density at radius 1 is 0.617 bits per heavy atom. The van der Waals surface area contributed by atoms with Crippen LogP contribution in [0.1, 0.15) is 181 Å². The van der Waals surface area contributed by atoms with Gasteiger partial charge in [-0.2, -0.15) is 0 Å². The van der Waals surface area contributed by atoms with Crippen LogP contribution in [-0.4, -0.2) is 49.3 Å². The molecule has 278 valence electrons. The lowest BCUT2D eigenvalue weighted by molar-refractivity contribution is -0.161. The molecule has 0 aromatic carbocycles. The van der Waals surface area contributed by atoms with E-state index in [0.29, 0.717) is 6.42 Å². The number of rotatable bonds is 36. The van der Waals surface area contributed by atoms with Crippen molar-refractivity contribution in [2.45, 2.75) is 187 Å². The van der Waals surface area contributed by atoms with Crippen LogP contribution in [-0.2, 0) is 32.7 Å². The van der Waals surface area contributed by atoms with Crippen LogP contribution in [0, 0.1) is 0 Å². The van der Waals surface area contributed by atoms with E-state index in [2.05, 4.69) is 26.0 Å². The van der Waals surface area contributed by atoms with E-state index < -0.39 is 26.5 Å². The zero-order valence-corrected chi connectivity index (χ0v) is 31.2. The Bertz CT molecular complexity index is 794. The number of phosphoric acid groups is 1. The lowest BCUT2D eigenvalue weighted by Crippen LogP contribution is -2.29. The molecule has 0 spiro atoms. The van der Waals surface area contributed by atoms with E-state index in [0.717, 1.165) is 57.8 Å². The average molecular weight is 690 g/mol. The van der Waals surface area contributed by atoms with Gasteiger partial charge in [-0.05, 0) is 32.1 Å². The number of hydrogen-bond acceptors (Lipinski definition) is 8. The minimum atomic E-state index is -4.36. The second-order valence-electron chi connectivity index (χ2n) is 12.8. The number of unbranched alkanes of at least 4 members (excludes halogenated alkanes) is 21. The molecule has 0 rings (SSSR count). The van der Waals surface area contributed by atoms with Gasteiger partial charge in [-0.25, -0.2) is 4.57 Å². The standard InChI is InChI=1S/C37H72NO8P/c1-3-5-7-9-11-13-15-16-17-18-20-21-23-25-27-29-36(39)43-33-35(34-45-47(41,42)44-32-31-38)46-37(40)30-28-26-24-22-19-14-12-10-8-6-4-2/h10,12,35H,3-9,11,13-34,38H2,1-2H3,(H,41,42). The van der Waals surface area contributed by atoms with Crippen molar-refractivity contribution in [1.29, 1.82) is 0 Å². The van der Waals surface area contributed by atoms with Crippen LogP contribution in [0.25, 0.3) is 0 Å². The predicted molar refractivity (Wildman–Crippen MR) is 192 cm³/mol. The molecule has 0 saturated carbocycles. The number of ether oxygens (including phenoxy) is 2. The van der Waals surface area contributed by atoms with E-state index in [1.54, 1.807) is 0 Å². The third-order valence-electron chi connectivity index (χ3n) is 8.15. The van der Waals surface area contributed by atoms with E-state index in [1.807, 2.05) is 0 Å². The largest absolute Gasteiger partial charge is 0.472 e. The number of carbonyl (C=O) groups is 2. The normalized spacial score (nSPS) is 13.5. The third kappa shape index (κ3) is 34.4. The number of nitrogens with two attached hydrogens (primary N) is 1. The number of phosphoric ester groups is 1. The molecule has 0 bridgehead atoms. The summed E-state index contributed by atoms with van der Waals surface area (Å²) < 4.78 is 32.6. The molecular weight excluding hydrogens is 617 g/mol. The van der Waals surface area contributed by atoms with Gasteiger partial charge in [-0.1, -0.05) is 148 Å². The summed E-state index contributed by atoms with van der Waals surface area (Å²) in [5.74, 6) is -0.834. The smallest absolute Gasteiger partial charge is 0.462 e. The molecule has 0 aromatic rings. The summed E-state index contributed by atoms with van der Waals surface area (Å²) in [6.07, 6.45) is 32.4. The lowest BCUT2D eigenvalue weighted by Gasteiger charge is -2.19. The van der Waals surface area contributed by atoms with Crippen LogP contribution in [0.4, 0.5) is 0 Å². The molecule has 0 aromatic heterocycles. The minimum Gasteiger partial charge on any atom is -0.462 e. The first kappa shape index (κ1) is 45.8. The fraction of sp³-hybridized carbons (Fsp3) is 0.892. The molecule has 47 heavy (non-hydrogen) atoms. The Morgan fingerprint density at radius 2 is 1.06 bits per heavy atom. The van der Waals surface area contributed by atoms with Crippen molar-refractivity contribution in [1.82, 2.24) is 0 Å². The second kappa shape index (κ2) is 34.6. The third-order valence-corrected chi connectivity index (χ3v) is 9.14. The summed E-state index contributed by atoms with van der Waals surface area (Å²) >= 11 is 0. The molecule has 0 fully saturated rings. The van der Waals surface area contributed by atoms with Crippen molar-refractivity contribution in [3.8, 4) is 0 Å². The molecule has 0 aliphatic carbocycles. The van der Waals surface area contributed by atoms with Crippen LogP contribution < -0.4 is 5.73 Å². The molecule has 0 heterocycles. The number of hydrogen-bond donors (Lipinski definition) is 2. The number of allylic oxidation sites excluding steroid dienone is 2. The van der Waals surface area contributed by atoms with E-state index in [9.17, 15) is 19.0 Å².